The predicted octanol–water partition coefficient (Wildman–Crippen LogP) is 5.72. The van der Waals surface area contributed by atoms with Gasteiger partial charge >= 0.3 is 5.97 Å². The topological polar surface area (TPSA) is 95.9 Å². The Labute approximate surface area is 253 Å². The van der Waals surface area contributed by atoms with Crippen molar-refractivity contribution in [1.29, 1.82) is 0 Å². The molecule has 0 saturated carbocycles. The van der Waals surface area contributed by atoms with Crippen LogP contribution in [0.2, 0.25) is 0 Å². The summed E-state index contributed by atoms with van der Waals surface area (Å²) in [5.74, 6) is 0.680. The molecule has 42 heavy (non-hydrogen) atoms. The van der Waals surface area contributed by atoms with Gasteiger partial charge in [0.1, 0.15) is 18.1 Å². The molecule has 0 bridgehead atoms. The molecule has 0 spiro atoms. The minimum Gasteiger partial charge on any atom is -0.490 e. The summed E-state index contributed by atoms with van der Waals surface area (Å²) in [5, 5.41) is 0.671. The van der Waals surface area contributed by atoms with Gasteiger partial charge in [0, 0.05) is 6.08 Å². The lowest BCUT2D eigenvalue weighted by Gasteiger charge is -2.24. The van der Waals surface area contributed by atoms with Crippen molar-refractivity contribution in [2.45, 2.75) is 29.3 Å². The Bertz CT molecular complexity index is 1980. The molecule has 0 fully saturated rings. The molecule has 2 aromatic carbocycles. The van der Waals surface area contributed by atoms with E-state index in [4.69, 9.17) is 13.9 Å². The summed E-state index contributed by atoms with van der Waals surface area (Å²) in [6.07, 6.45) is 3.37. The molecule has 1 atom stereocenters. The van der Waals surface area contributed by atoms with Crippen LogP contribution in [0.25, 0.3) is 16.3 Å². The lowest BCUT2D eigenvalue weighted by atomic mass is 9.96. The number of fused-ring (bicyclic) bond motifs is 2. The maximum Gasteiger partial charge on any atom is 0.338 e. The van der Waals surface area contributed by atoms with Crippen molar-refractivity contribution in [2.24, 2.45) is 4.99 Å². The second kappa shape index (κ2) is 12.0. The Morgan fingerprint density at radius 2 is 1.95 bits per heavy atom. The van der Waals surface area contributed by atoms with Crippen LogP contribution in [0, 0.1) is 0 Å². The molecule has 8 nitrogen and oxygen atoms in total. The number of benzene rings is 2. The fourth-order valence-electron chi connectivity index (χ4n) is 4.59. The molecule has 4 heterocycles. The summed E-state index contributed by atoms with van der Waals surface area (Å²) >= 11 is 4.28. The van der Waals surface area contributed by atoms with Crippen molar-refractivity contribution in [3.8, 4) is 5.75 Å². The van der Waals surface area contributed by atoms with E-state index < -0.39 is 12.0 Å². The number of hydrogen-bond donors (Lipinski definition) is 0. The lowest BCUT2D eigenvalue weighted by molar-refractivity contribution is -0.139. The third kappa shape index (κ3) is 5.50. The van der Waals surface area contributed by atoms with E-state index in [0.717, 1.165) is 20.1 Å². The molecule has 0 amide bonds. The first kappa shape index (κ1) is 28.0. The van der Waals surface area contributed by atoms with Crippen LogP contribution in [0.5, 0.6) is 5.75 Å². The number of carbonyl (C=O) groups is 1. The van der Waals surface area contributed by atoms with Crippen molar-refractivity contribution >= 4 is 56.7 Å². The molecule has 1 aliphatic rings. The van der Waals surface area contributed by atoms with Gasteiger partial charge in [-0.2, -0.15) is 0 Å². The Morgan fingerprint density at radius 3 is 2.71 bits per heavy atom. The van der Waals surface area contributed by atoms with Crippen molar-refractivity contribution < 1.29 is 18.7 Å². The molecule has 6 rings (SSSR count). The first-order valence-corrected chi connectivity index (χ1v) is 15.6. The van der Waals surface area contributed by atoms with Crippen molar-refractivity contribution in [3.05, 3.63) is 116 Å². The van der Waals surface area contributed by atoms with Crippen LogP contribution in [0.4, 0.5) is 0 Å². The minimum atomic E-state index is -0.711. The zero-order valence-corrected chi connectivity index (χ0v) is 25.2. The number of hydrogen-bond acceptors (Lipinski definition) is 10. The zero-order valence-electron chi connectivity index (χ0n) is 22.7. The highest BCUT2D eigenvalue weighted by atomic mass is 32.2. The number of nitrogens with zero attached hydrogens (tertiary/aromatic N) is 3. The molecular weight excluding hydrogens is 591 g/mol. The van der Waals surface area contributed by atoms with E-state index in [9.17, 15) is 9.59 Å². The van der Waals surface area contributed by atoms with E-state index in [2.05, 4.69) is 16.6 Å². The quantitative estimate of drug-likeness (QED) is 0.155. The highest BCUT2D eigenvalue weighted by Crippen LogP contribution is 2.35. The number of aromatic nitrogens is 2. The maximum atomic E-state index is 13.9. The van der Waals surface area contributed by atoms with Gasteiger partial charge in [-0.3, -0.25) is 9.36 Å². The second-order valence-electron chi connectivity index (χ2n) is 9.18. The van der Waals surface area contributed by atoms with E-state index in [0.29, 0.717) is 43.8 Å². The zero-order chi connectivity index (χ0) is 29.2. The van der Waals surface area contributed by atoms with Gasteiger partial charge in [-0.15, -0.1) is 11.3 Å². The number of rotatable bonds is 9. The fraction of sp³-hybridized carbons (Fsp3) is 0.161. The maximum absolute atomic E-state index is 13.9. The molecule has 0 aliphatic carbocycles. The summed E-state index contributed by atoms with van der Waals surface area (Å²) in [4.78, 5) is 36.7. The Hall–Kier alpha value is -4.19. The summed E-state index contributed by atoms with van der Waals surface area (Å²) in [5.41, 5.74) is 2.23. The van der Waals surface area contributed by atoms with Gasteiger partial charge in [0.15, 0.2) is 14.2 Å². The minimum absolute atomic E-state index is 0.205. The van der Waals surface area contributed by atoms with E-state index in [1.165, 1.54) is 23.1 Å². The number of ether oxygens (including phenoxy) is 2. The number of allylic oxidation sites excluding steroid dienone is 1. The molecule has 1 aliphatic heterocycles. The summed E-state index contributed by atoms with van der Waals surface area (Å²) in [6.45, 7) is 7.76. The number of esters is 1. The highest BCUT2D eigenvalue weighted by molar-refractivity contribution is 8.01. The monoisotopic (exact) mass is 615 g/mol. The first-order valence-electron chi connectivity index (χ1n) is 13.1. The van der Waals surface area contributed by atoms with Crippen molar-refractivity contribution in [3.63, 3.8) is 0 Å². The van der Waals surface area contributed by atoms with E-state index >= 15 is 0 Å². The lowest BCUT2D eigenvalue weighted by Crippen LogP contribution is -2.39. The van der Waals surface area contributed by atoms with Crippen molar-refractivity contribution in [1.82, 2.24) is 9.55 Å². The highest BCUT2D eigenvalue weighted by Gasteiger charge is 2.33. The molecule has 0 saturated heterocycles. The SMILES string of the molecule is C=CCOc1ccc([C@@H]2C(C(=O)OCC)=C(C)N=c3s/c(=C/c4ccc(Sc5nc6ccccc6s5)o4)c(=O)n32)cc1. The third-order valence-electron chi connectivity index (χ3n) is 6.42. The van der Waals surface area contributed by atoms with Crippen LogP contribution in [0.15, 0.2) is 108 Å². The van der Waals surface area contributed by atoms with Gasteiger partial charge in [0.05, 0.1) is 38.7 Å². The molecule has 0 unspecified atom stereocenters. The molecule has 5 aromatic rings. The summed E-state index contributed by atoms with van der Waals surface area (Å²) < 4.78 is 21.0. The van der Waals surface area contributed by atoms with Gasteiger partial charge in [0.2, 0.25) is 0 Å². The van der Waals surface area contributed by atoms with Crippen LogP contribution in [-0.2, 0) is 9.53 Å². The van der Waals surface area contributed by atoms with E-state index in [1.54, 1.807) is 54.0 Å². The van der Waals surface area contributed by atoms with Gasteiger partial charge in [-0.05, 0) is 67.6 Å². The molecule has 0 N–H and O–H groups in total. The molecular formula is C31H25N3O5S3. The average molecular weight is 616 g/mol. The fourth-order valence-corrected chi connectivity index (χ4v) is 7.58. The van der Waals surface area contributed by atoms with Gasteiger partial charge in [-0.25, -0.2) is 14.8 Å². The number of carbonyl (C=O) groups excluding carboxylic acids is 1. The summed E-state index contributed by atoms with van der Waals surface area (Å²) in [7, 11) is 0. The molecule has 11 heteroatoms. The van der Waals surface area contributed by atoms with Crippen molar-refractivity contribution in [2.75, 3.05) is 13.2 Å². The van der Waals surface area contributed by atoms with Crippen LogP contribution in [-0.4, -0.2) is 28.7 Å². The van der Waals surface area contributed by atoms with Crippen LogP contribution in [0.3, 0.4) is 0 Å². The Balaban J connectivity index is 1.37. The predicted molar refractivity (Wildman–Crippen MR) is 165 cm³/mol. The first-order chi connectivity index (χ1) is 20.4. The van der Waals surface area contributed by atoms with Gasteiger partial charge < -0.3 is 13.9 Å². The second-order valence-corrected chi connectivity index (χ2v) is 12.5. The third-order valence-corrected chi connectivity index (χ3v) is 9.42. The van der Waals surface area contributed by atoms with Crippen LogP contribution < -0.4 is 19.6 Å². The molecule has 3 aromatic heterocycles. The Kier molecular flexibility index (Phi) is 7.96. The normalized spacial score (nSPS) is 15.0. The standard InChI is InChI=1S/C31H25N3O5S3/c1-4-16-38-20-12-10-19(11-13-20)27-26(29(36)37-5-2)18(3)32-30-34(27)28(35)24(40-30)17-21-14-15-25(39-21)42-31-33-22-8-6-7-9-23(22)41-31/h4,6-15,17,27H,1,5,16H2,2-3H3/b24-17+/t27-/m1/s1. The van der Waals surface area contributed by atoms with Crippen LogP contribution >= 0.6 is 34.4 Å². The number of para-hydroxylation sites is 1. The number of furan rings is 1. The van der Waals surface area contributed by atoms with E-state index in [-0.39, 0.29) is 12.2 Å². The Morgan fingerprint density at radius 1 is 1.14 bits per heavy atom. The van der Waals surface area contributed by atoms with E-state index in [1.807, 2.05) is 48.5 Å². The number of thiazole rings is 2. The molecule has 212 valence electrons. The average Bonchev–Trinajstić information content (AvgIpc) is 3.69. The van der Waals surface area contributed by atoms with Crippen LogP contribution in [0.1, 0.15) is 31.2 Å². The van der Waals surface area contributed by atoms with Gasteiger partial charge in [-0.1, -0.05) is 48.3 Å². The molecule has 0 radical (unpaired) electrons. The smallest absolute Gasteiger partial charge is 0.338 e. The van der Waals surface area contributed by atoms with Gasteiger partial charge in [0.25, 0.3) is 5.56 Å². The summed E-state index contributed by atoms with van der Waals surface area (Å²) in [6, 6.07) is 18.3. The largest absolute Gasteiger partial charge is 0.490 e.